The normalized spacial score (nSPS) is 19.7. The molecule has 0 unspecified atom stereocenters. The molecule has 0 aliphatic carbocycles. The average Bonchev–Trinajstić information content (AvgIpc) is 2.99. The van der Waals surface area contributed by atoms with Crippen molar-refractivity contribution in [2.45, 2.75) is 31.2 Å². The van der Waals surface area contributed by atoms with Gasteiger partial charge in [0.25, 0.3) is 0 Å². The van der Waals surface area contributed by atoms with Crippen LogP contribution in [0.3, 0.4) is 0 Å². The van der Waals surface area contributed by atoms with E-state index in [0.29, 0.717) is 13.1 Å². The van der Waals surface area contributed by atoms with E-state index in [9.17, 15) is 13.2 Å². The van der Waals surface area contributed by atoms with E-state index in [2.05, 4.69) is 18.7 Å². The molecule has 2 rings (SSSR count). The molecule has 1 aromatic carbocycles. The number of hydrogen-bond acceptors (Lipinski definition) is 4. The minimum absolute atomic E-state index is 0.0846. The van der Waals surface area contributed by atoms with Gasteiger partial charge in [-0.15, -0.1) is 0 Å². The number of rotatable bonds is 6. The zero-order chi connectivity index (χ0) is 16.3. The highest BCUT2D eigenvalue weighted by Crippen LogP contribution is 2.23. The van der Waals surface area contributed by atoms with Crippen molar-refractivity contribution in [1.29, 1.82) is 0 Å². The van der Waals surface area contributed by atoms with Crippen LogP contribution in [-0.4, -0.2) is 60.9 Å². The molecule has 122 valence electrons. The molecule has 1 aromatic rings. The van der Waals surface area contributed by atoms with E-state index in [1.807, 2.05) is 0 Å². The molecule has 7 heteroatoms. The molecular weight excluding hydrogens is 304 g/mol. The van der Waals surface area contributed by atoms with Crippen LogP contribution in [0.15, 0.2) is 29.2 Å². The number of sulfonamides is 1. The van der Waals surface area contributed by atoms with Crippen LogP contribution in [0.4, 0.5) is 0 Å². The lowest BCUT2D eigenvalue weighted by Crippen LogP contribution is -2.38. The number of carboxylic acids is 1. The average molecular weight is 326 g/mol. The van der Waals surface area contributed by atoms with E-state index in [1.54, 1.807) is 0 Å². The van der Waals surface area contributed by atoms with Gasteiger partial charge in [0.1, 0.15) is 0 Å². The van der Waals surface area contributed by atoms with Crippen LogP contribution in [0, 0.1) is 0 Å². The molecule has 0 aromatic heterocycles. The van der Waals surface area contributed by atoms with Crippen molar-refractivity contribution in [2.24, 2.45) is 0 Å². The molecule has 1 fully saturated rings. The SMILES string of the molecule is CCN(CC)[C@@H]1CCN(S(=O)(=O)c2ccc(C(=O)O)cc2)C1. The van der Waals surface area contributed by atoms with Crippen molar-refractivity contribution >= 4 is 16.0 Å². The molecule has 0 saturated carbocycles. The smallest absolute Gasteiger partial charge is 0.335 e. The van der Waals surface area contributed by atoms with E-state index in [4.69, 9.17) is 5.11 Å². The van der Waals surface area contributed by atoms with Crippen LogP contribution >= 0.6 is 0 Å². The predicted molar refractivity (Wildman–Crippen MR) is 83.5 cm³/mol. The Hall–Kier alpha value is -1.44. The maximum Gasteiger partial charge on any atom is 0.335 e. The van der Waals surface area contributed by atoms with Crippen molar-refractivity contribution in [3.63, 3.8) is 0 Å². The van der Waals surface area contributed by atoms with Gasteiger partial charge in [-0.3, -0.25) is 4.90 Å². The molecule has 1 saturated heterocycles. The fourth-order valence-corrected chi connectivity index (χ4v) is 4.38. The molecule has 0 bridgehead atoms. The Bertz CT molecular complexity index is 623. The van der Waals surface area contributed by atoms with E-state index in [1.165, 1.54) is 28.6 Å². The van der Waals surface area contributed by atoms with Crippen LogP contribution in [0.5, 0.6) is 0 Å². The minimum atomic E-state index is -3.55. The van der Waals surface area contributed by atoms with E-state index in [0.717, 1.165) is 19.5 Å². The number of benzene rings is 1. The summed E-state index contributed by atoms with van der Waals surface area (Å²) in [5.74, 6) is -1.06. The highest BCUT2D eigenvalue weighted by Gasteiger charge is 2.34. The molecule has 1 aliphatic rings. The summed E-state index contributed by atoms with van der Waals surface area (Å²) in [5, 5.41) is 8.87. The molecule has 0 amide bonds. The maximum absolute atomic E-state index is 12.6. The van der Waals surface area contributed by atoms with Gasteiger partial charge in [0.15, 0.2) is 0 Å². The summed E-state index contributed by atoms with van der Waals surface area (Å²) < 4.78 is 26.7. The second-order valence-electron chi connectivity index (χ2n) is 5.36. The van der Waals surface area contributed by atoms with Gasteiger partial charge in [-0.05, 0) is 43.8 Å². The monoisotopic (exact) mass is 326 g/mol. The number of nitrogens with zero attached hydrogens (tertiary/aromatic N) is 2. The third kappa shape index (κ3) is 3.31. The third-order valence-corrected chi connectivity index (χ3v) is 6.07. The molecule has 1 atom stereocenters. The van der Waals surface area contributed by atoms with E-state index >= 15 is 0 Å². The van der Waals surface area contributed by atoms with Crippen molar-refractivity contribution in [3.8, 4) is 0 Å². The zero-order valence-electron chi connectivity index (χ0n) is 12.9. The Morgan fingerprint density at radius 3 is 2.36 bits per heavy atom. The fourth-order valence-electron chi connectivity index (χ4n) is 2.89. The van der Waals surface area contributed by atoms with Crippen LogP contribution in [0.1, 0.15) is 30.6 Å². The van der Waals surface area contributed by atoms with Crippen LogP contribution in [0.2, 0.25) is 0 Å². The summed E-state index contributed by atoms with van der Waals surface area (Å²) in [6, 6.07) is 5.64. The Kier molecular flexibility index (Phi) is 5.20. The second kappa shape index (κ2) is 6.76. The lowest BCUT2D eigenvalue weighted by Gasteiger charge is -2.26. The second-order valence-corrected chi connectivity index (χ2v) is 7.29. The van der Waals surface area contributed by atoms with Crippen LogP contribution < -0.4 is 0 Å². The zero-order valence-corrected chi connectivity index (χ0v) is 13.7. The first-order chi connectivity index (χ1) is 10.4. The summed E-state index contributed by atoms with van der Waals surface area (Å²) in [5.41, 5.74) is 0.0846. The first-order valence-electron chi connectivity index (χ1n) is 7.47. The number of hydrogen-bond donors (Lipinski definition) is 1. The molecule has 1 aliphatic heterocycles. The summed E-state index contributed by atoms with van der Waals surface area (Å²) in [6.07, 6.45) is 0.827. The number of carbonyl (C=O) groups is 1. The molecule has 1 heterocycles. The Balaban J connectivity index is 2.16. The van der Waals surface area contributed by atoms with E-state index in [-0.39, 0.29) is 16.5 Å². The van der Waals surface area contributed by atoms with Crippen LogP contribution in [0.25, 0.3) is 0 Å². The molecular formula is C15H22N2O4S. The molecule has 6 nitrogen and oxygen atoms in total. The number of likely N-dealkylation sites (N-methyl/N-ethyl adjacent to an activating group) is 1. The topological polar surface area (TPSA) is 77.9 Å². The van der Waals surface area contributed by atoms with Crippen molar-refractivity contribution in [1.82, 2.24) is 9.21 Å². The Morgan fingerprint density at radius 2 is 1.86 bits per heavy atom. The van der Waals surface area contributed by atoms with Gasteiger partial charge in [0, 0.05) is 19.1 Å². The highest BCUT2D eigenvalue weighted by molar-refractivity contribution is 7.89. The fraction of sp³-hybridized carbons (Fsp3) is 0.533. The van der Waals surface area contributed by atoms with E-state index < -0.39 is 16.0 Å². The summed E-state index contributed by atoms with van der Waals surface area (Å²) in [6.45, 7) is 6.95. The predicted octanol–water partition coefficient (Wildman–Crippen LogP) is 1.49. The Labute approximate surface area is 131 Å². The van der Waals surface area contributed by atoms with Gasteiger partial charge >= 0.3 is 5.97 Å². The van der Waals surface area contributed by atoms with Gasteiger partial charge < -0.3 is 5.11 Å². The van der Waals surface area contributed by atoms with Gasteiger partial charge in [0.05, 0.1) is 10.5 Å². The lowest BCUT2D eigenvalue weighted by atomic mass is 10.2. The van der Waals surface area contributed by atoms with Gasteiger partial charge in [0.2, 0.25) is 10.0 Å². The van der Waals surface area contributed by atoms with Crippen molar-refractivity contribution in [3.05, 3.63) is 29.8 Å². The Morgan fingerprint density at radius 1 is 1.27 bits per heavy atom. The first kappa shape index (κ1) is 16.9. The summed E-state index contributed by atoms with van der Waals surface area (Å²) >= 11 is 0. The lowest BCUT2D eigenvalue weighted by molar-refractivity contribution is 0.0696. The quantitative estimate of drug-likeness (QED) is 0.857. The van der Waals surface area contributed by atoms with Crippen molar-refractivity contribution < 1.29 is 18.3 Å². The number of carboxylic acid groups (broad SMARTS) is 1. The maximum atomic E-state index is 12.6. The first-order valence-corrected chi connectivity index (χ1v) is 8.91. The molecule has 0 radical (unpaired) electrons. The molecule has 1 N–H and O–H groups in total. The van der Waals surface area contributed by atoms with Gasteiger partial charge in [-0.1, -0.05) is 13.8 Å². The largest absolute Gasteiger partial charge is 0.478 e. The molecule has 0 spiro atoms. The van der Waals surface area contributed by atoms with Gasteiger partial charge in [-0.2, -0.15) is 4.31 Å². The highest BCUT2D eigenvalue weighted by atomic mass is 32.2. The van der Waals surface area contributed by atoms with Crippen molar-refractivity contribution in [2.75, 3.05) is 26.2 Å². The standard InChI is InChI=1S/C15H22N2O4S/c1-3-16(4-2)13-9-10-17(11-13)22(20,21)14-7-5-12(6-8-14)15(18)19/h5-8,13H,3-4,9-11H2,1-2H3,(H,18,19)/t13-/m1/s1. The minimum Gasteiger partial charge on any atom is -0.478 e. The summed E-state index contributed by atoms with van der Waals surface area (Å²) in [4.78, 5) is 13.3. The summed E-state index contributed by atoms with van der Waals surface area (Å²) in [7, 11) is -3.55. The number of aromatic carboxylic acids is 1. The van der Waals surface area contributed by atoms with Crippen LogP contribution in [-0.2, 0) is 10.0 Å². The van der Waals surface area contributed by atoms with Gasteiger partial charge in [-0.25, -0.2) is 13.2 Å². The third-order valence-electron chi connectivity index (χ3n) is 4.19. The molecule has 22 heavy (non-hydrogen) atoms.